The molecule has 3 N–H and O–H groups in total. The Bertz CT molecular complexity index is 1130. The van der Waals surface area contributed by atoms with Crippen LogP contribution in [0.5, 0.6) is 0 Å². The fourth-order valence-corrected chi connectivity index (χ4v) is 3.59. The topological polar surface area (TPSA) is 131 Å². The first-order valence-corrected chi connectivity index (χ1v) is 9.67. The third-order valence-corrected chi connectivity index (χ3v) is 5.00. The van der Waals surface area contributed by atoms with Crippen molar-refractivity contribution in [1.29, 1.82) is 0 Å². The lowest BCUT2D eigenvalue weighted by atomic mass is 10.1. The van der Waals surface area contributed by atoms with Crippen LogP contribution in [0.2, 0.25) is 0 Å². The Morgan fingerprint density at radius 1 is 1.23 bits per heavy atom. The third kappa shape index (κ3) is 3.64. The van der Waals surface area contributed by atoms with Crippen LogP contribution in [0.25, 0.3) is 0 Å². The van der Waals surface area contributed by atoms with E-state index >= 15 is 0 Å². The first kappa shape index (κ1) is 18.0. The Balaban J connectivity index is 1.26. The Hall–Kier alpha value is -4.02. The van der Waals surface area contributed by atoms with E-state index in [1.54, 1.807) is 17.1 Å². The fourth-order valence-electron chi connectivity index (χ4n) is 3.59. The molecule has 11 heteroatoms. The molecule has 1 aromatic carbocycles. The number of hydrogen-bond acceptors (Lipinski definition) is 6. The number of benzene rings is 1. The van der Waals surface area contributed by atoms with Gasteiger partial charge in [-0.15, -0.1) is 10.2 Å². The normalized spacial score (nSPS) is 13.7. The second kappa shape index (κ2) is 7.78. The average molecular weight is 404 g/mol. The number of H-pyrrole nitrogens is 1. The Morgan fingerprint density at radius 2 is 2.13 bits per heavy atom. The molecule has 11 nitrogen and oxygen atoms in total. The van der Waals surface area contributed by atoms with Crippen LogP contribution in [0, 0.1) is 0 Å². The lowest BCUT2D eigenvalue weighted by Crippen LogP contribution is -2.33. The average Bonchev–Trinajstić information content (AvgIpc) is 3.54. The zero-order valence-electron chi connectivity index (χ0n) is 16.1. The second-order valence-corrected chi connectivity index (χ2v) is 7.03. The van der Waals surface area contributed by atoms with Crippen molar-refractivity contribution in [1.82, 2.24) is 45.0 Å². The van der Waals surface area contributed by atoms with Gasteiger partial charge < -0.3 is 15.2 Å². The van der Waals surface area contributed by atoms with Crippen LogP contribution < -0.4 is 10.6 Å². The Labute approximate surface area is 171 Å². The highest BCUT2D eigenvalue weighted by atomic mass is 16.2. The maximum atomic E-state index is 12.6. The summed E-state index contributed by atoms with van der Waals surface area (Å²) >= 11 is 0. The first-order chi connectivity index (χ1) is 14.8. The Kier molecular flexibility index (Phi) is 4.68. The molecule has 4 heterocycles. The number of carbonyl (C=O) groups is 1. The third-order valence-electron chi connectivity index (χ3n) is 5.00. The molecule has 0 fully saturated rings. The first-order valence-electron chi connectivity index (χ1n) is 9.67. The van der Waals surface area contributed by atoms with Crippen LogP contribution in [0.15, 0.2) is 49.1 Å². The Morgan fingerprint density at radius 3 is 2.97 bits per heavy atom. The molecule has 1 aliphatic heterocycles. The number of anilines is 1. The molecular weight excluding hydrogens is 384 g/mol. The standard InChI is InChI=1S/C19H20N10O/c30-19(24-17(18-20-12-21-27-18)13-5-2-1-3-6-13)23-14-9-22-28(10-14)11-16-26-25-15-7-4-8-29(15)16/h1-3,5-6,9-10,12,17H,4,7-8,11H2,(H,20,21,27)(H2,23,24,30). The number of fused-ring (bicyclic) bond motifs is 1. The second-order valence-electron chi connectivity index (χ2n) is 7.03. The molecule has 1 atom stereocenters. The van der Waals surface area contributed by atoms with Crippen LogP contribution in [-0.4, -0.2) is 45.8 Å². The lowest BCUT2D eigenvalue weighted by molar-refractivity contribution is 0.249. The molecule has 1 aliphatic rings. The molecule has 30 heavy (non-hydrogen) atoms. The minimum Gasteiger partial charge on any atom is -0.324 e. The van der Waals surface area contributed by atoms with Crippen LogP contribution in [0.4, 0.5) is 10.5 Å². The summed E-state index contributed by atoms with van der Waals surface area (Å²) in [6.45, 7) is 1.44. The maximum absolute atomic E-state index is 12.6. The molecular formula is C19H20N10O. The number of nitrogens with one attached hydrogen (secondary N) is 3. The molecule has 0 radical (unpaired) electrons. The summed E-state index contributed by atoms with van der Waals surface area (Å²) in [5, 5.41) is 25.2. The van der Waals surface area contributed by atoms with Gasteiger partial charge in [-0.05, 0) is 12.0 Å². The summed E-state index contributed by atoms with van der Waals surface area (Å²) in [6, 6.07) is 8.74. The van der Waals surface area contributed by atoms with E-state index in [1.165, 1.54) is 6.33 Å². The number of nitrogens with zero attached hydrogens (tertiary/aromatic N) is 7. The van der Waals surface area contributed by atoms with Gasteiger partial charge in [0.25, 0.3) is 0 Å². The van der Waals surface area contributed by atoms with Crippen LogP contribution in [0.3, 0.4) is 0 Å². The number of aromatic nitrogens is 8. The van der Waals surface area contributed by atoms with E-state index < -0.39 is 6.04 Å². The van der Waals surface area contributed by atoms with Gasteiger partial charge in [0.1, 0.15) is 24.7 Å². The number of rotatable bonds is 6. The highest BCUT2D eigenvalue weighted by molar-refractivity contribution is 5.89. The zero-order valence-corrected chi connectivity index (χ0v) is 16.1. The molecule has 5 rings (SSSR count). The van der Waals surface area contributed by atoms with E-state index in [-0.39, 0.29) is 6.03 Å². The summed E-state index contributed by atoms with van der Waals surface area (Å²) in [5.74, 6) is 2.44. The van der Waals surface area contributed by atoms with Gasteiger partial charge in [-0.3, -0.25) is 9.78 Å². The number of aromatic amines is 1. The molecule has 4 aromatic rings. The molecule has 1 unspecified atom stereocenters. The van der Waals surface area contributed by atoms with E-state index in [9.17, 15) is 4.79 Å². The minimum atomic E-state index is -0.456. The molecule has 0 saturated heterocycles. The molecule has 0 aliphatic carbocycles. The van der Waals surface area contributed by atoms with Crippen molar-refractivity contribution >= 4 is 11.7 Å². The van der Waals surface area contributed by atoms with Crippen molar-refractivity contribution in [2.75, 3.05) is 5.32 Å². The minimum absolute atomic E-state index is 0.372. The van der Waals surface area contributed by atoms with E-state index in [0.29, 0.717) is 18.1 Å². The SMILES string of the molecule is O=C(Nc1cnn(Cc2nnc3n2CCC3)c1)NC(c1ccccc1)c1ncn[nH]1. The van der Waals surface area contributed by atoms with Crippen molar-refractivity contribution in [3.8, 4) is 0 Å². The van der Waals surface area contributed by atoms with Crippen molar-refractivity contribution in [2.24, 2.45) is 0 Å². The highest BCUT2D eigenvalue weighted by Gasteiger charge is 2.20. The van der Waals surface area contributed by atoms with Crippen molar-refractivity contribution in [2.45, 2.75) is 32.0 Å². The van der Waals surface area contributed by atoms with Crippen molar-refractivity contribution in [3.05, 3.63) is 72.1 Å². The van der Waals surface area contributed by atoms with Crippen molar-refractivity contribution in [3.63, 3.8) is 0 Å². The van der Waals surface area contributed by atoms with Gasteiger partial charge >= 0.3 is 6.03 Å². The zero-order chi connectivity index (χ0) is 20.3. The van der Waals surface area contributed by atoms with E-state index in [1.807, 2.05) is 30.3 Å². The molecule has 2 amide bonds. The fraction of sp³-hybridized carbons (Fsp3) is 0.263. The van der Waals surface area contributed by atoms with E-state index in [2.05, 4.69) is 45.7 Å². The predicted octanol–water partition coefficient (Wildman–Crippen LogP) is 1.50. The van der Waals surface area contributed by atoms with Gasteiger partial charge in [0.05, 0.1) is 11.9 Å². The number of aryl methyl sites for hydroxylation is 1. The summed E-state index contributed by atoms with van der Waals surface area (Å²) in [4.78, 5) is 16.8. The molecule has 0 bridgehead atoms. The summed E-state index contributed by atoms with van der Waals surface area (Å²) in [5.41, 5.74) is 1.47. The number of carbonyl (C=O) groups excluding carboxylic acids is 1. The summed E-state index contributed by atoms with van der Waals surface area (Å²) < 4.78 is 3.86. The van der Waals surface area contributed by atoms with Crippen LogP contribution in [0.1, 0.15) is 35.5 Å². The number of hydrogen-bond donors (Lipinski definition) is 3. The van der Waals surface area contributed by atoms with E-state index in [0.717, 1.165) is 36.6 Å². The number of amides is 2. The van der Waals surface area contributed by atoms with Gasteiger partial charge in [0.2, 0.25) is 0 Å². The quantitative estimate of drug-likeness (QED) is 0.446. The summed E-state index contributed by atoms with van der Waals surface area (Å²) in [7, 11) is 0. The van der Waals surface area contributed by atoms with Gasteiger partial charge in [-0.25, -0.2) is 9.78 Å². The van der Waals surface area contributed by atoms with E-state index in [4.69, 9.17) is 0 Å². The maximum Gasteiger partial charge on any atom is 0.320 e. The lowest BCUT2D eigenvalue weighted by Gasteiger charge is -2.17. The predicted molar refractivity (Wildman–Crippen MR) is 106 cm³/mol. The van der Waals surface area contributed by atoms with Gasteiger partial charge in [0, 0.05) is 19.2 Å². The van der Waals surface area contributed by atoms with Gasteiger partial charge in [0.15, 0.2) is 11.6 Å². The molecule has 0 saturated carbocycles. The van der Waals surface area contributed by atoms with Crippen LogP contribution >= 0.6 is 0 Å². The van der Waals surface area contributed by atoms with Gasteiger partial charge in [-0.1, -0.05) is 30.3 Å². The van der Waals surface area contributed by atoms with Gasteiger partial charge in [-0.2, -0.15) is 10.2 Å². The molecule has 3 aromatic heterocycles. The monoisotopic (exact) mass is 404 g/mol. The summed E-state index contributed by atoms with van der Waals surface area (Å²) in [6.07, 6.45) is 6.84. The molecule has 152 valence electrons. The molecule has 0 spiro atoms. The number of urea groups is 1. The largest absolute Gasteiger partial charge is 0.324 e. The smallest absolute Gasteiger partial charge is 0.320 e. The van der Waals surface area contributed by atoms with Crippen LogP contribution in [-0.2, 0) is 19.5 Å². The highest BCUT2D eigenvalue weighted by Crippen LogP contribution is 2.19. The van der Waals surface area contributed by atoms with Crippen molar-refractivity contribution < 1.29 is 4.79 Å².